The van der Waals surface area contributed by atoms with Gasteiger partial charge in [0.15, 0.2) is 0 Å². The van der Waals surface area contributed by atoms with Gasteiger partial charge >= 0.3 is 5.97 Å². The van der Waals surface area contributed by atoms with E-state index in [1.807, 2.05) is 71.0 Å². The molecule has 0 radical (unpaired) electrons. The molecule has 1 N–H and O–H groups in total. The van der Waals surface area contributed by atoms with Gasteiger partial charge in [-0.25, -0.2) is 8.42 Å². The van der Waals surface area contributed by atoms with E-state index in [1.54, 1.807) is 0 Å². The second kappa shape index (κ2) is 9.90. The van der Waals surface area contributed by atoms with E-state index in [-0.39, 0.29) is 11.9 Å². The molecule has 0 aromatic heterocycles. The summed E-state index contributed by atoms with van der Waals surface area (Å²) >= 11 is 0. The van der Waals surface area contributed by atoms with Gasteiger partial charge in [0.1, 0.15) is 0 Å². The van der Waals surface area contributed by atoms with Gasteiger partial charge < -0.3 is 9.64 Å². The Labute approximate surface area is 208 Å². The first-order valence-electron chi connectivity index (χ1n) is 12.2. The molecule has 1 fully saturated rings. The molecule has 1 unspecified atom stereocenters. The fourth-order valence-electron chi connectivity index (χ4n) is 5.01. The van der Waals surface area contributed by atoms with Crippen LogP contribution in [0.3, 0.4) is 0 Å². The van der Waals surface area contributed by atoms with Gasteiger partial charge in [0.2, 0.25) is 0 Å². The molecule has 0 spiro atoms. The van der Waals surface area contributed by atoms with E-state index in [4.69, 9.17) is 4.74 Å². The quantitative estimate of drug-likeness (QED) is 0.448. The second-order valence-corrected chi connectivity index (χ2v) is 11.1. The van der Waals surface area contributed by atoms with E-state index in [2.05, 4.69) is 15.7 Å². The Morgan fingerprint density at radius 3 is 2.43 bits per heavy atom. The van der Waals surface area contributed by atoms with Crippen molar-refractivity contribution in [3.8, 4) is 0 Å². The third-order valence-electron chi connectivity index (χ3n) is 7.06. The van der Waals surface area contributed by atoms with E-state index in [0.29, 0.717) is 23.7 Å². The monoisotopic (exact) mass is 494 g/mol. The number of carbonyl (C=O) groups excluding carboxylic acids is 1. The van der Waals surface area contributed by atoms with Crippen molar-refractivity contribution < 1.29 is 17.9 Å². The Morgan fingerprint density at radius 1 is 1.06 bits per heavy atom. The number of esters is 1. The number of hydrogen-bond donors (Lipinski definition) is 1. The Balaban J connectivity index is 1.76. The lowest BCUT2D eigenvalue weighted by Gasteiger charge is -2.33. The fraction of sp³-hybridized carbons (Fsp3) is 0.393. The van der Waals surface area contributed by atoms with Crippen molar-refractivity contribution in [3.63, 3.8) is 0 Å². The molecule has 1 saturated heterocycles. The number of sulfonamides is 1. The smallest absolute Gasteiger partial charge is 0.310 e. The van der Waals surface area contributed by atoms with Crippen molar-refractivity contribution in [1.29, 1.82) is 0 Å². The van der Waals surface area contributed by atoms with Crippen molar-refractivity contribution in [2.24, 2.45) is 5.92 Å². The topological polar surface area (TPSA) is 75.7 Å². The van der Waals surface area contributed by atoms with Gasteiger partial charge in [0, 0.05) is 24.2 Å². The molecule has 0 saturated carbocycles. The van der Waals surface area contributed by atoms with Crippen LogP contribution in [0, 0.1) is 33.6 Å². The van der Waals surface area contributed by atoms with Crippen LogP contribution >= 0.6 is 0 Å². The largest absolute Gasteiger partial charge is 0.466 e. The molecule has 1 atom stereocenters. The molecule has 0 amide bonds. The number of aryl methyl sites for hydroxylation is 2. The first-order valence-corrected chi connectivity index (χ1v) is 13.6. The molecule has 186 valence electrons. The summed E-state index contributed by atoms with van der Waals surface area (Å²) in [4.78, 5) is 14.9. The molecule has 1 aliphatic rings. The van der Waals surface area contributed by atoms with Gasteiger partial charge in [-0.3, -0.25) is 9.52 Å². The summed E-state index contributed by atoms with van der Waals surface area (Å²) in [5.41, 5.74) is 4.85. The maximum atomic E-state index is 13.7. The summed E-state index contributed by atoms with van der Waals surface area (Å²) in [6, 6.07) is 13.7. The lowest BCUT2D eigenvalue weighted by Crippen LogP contribution is -2.39. The second-order valence-electron chi connectivity index (χ2n) is 9.45. The van der Waals surface area contributed by atoms with Crippen LogP contribution in [0.1, 0.15) is 42.0 Å². The number of nitrogens with zero attached hydrogens (tertiary/aromatic N) is 1. The average Bonchev–Trinajstić information content (AvgIpc) is 2.83. The number of piperidine rings is 1. The molecule has 35 heavy (non-hydrogen) atoms. The number of anilines is 2. The summed E-state index contributed by atoms with van der Waals surface area (Å²) < 4.78 is 35.6. The summed E-state index contributed by atoms with van der Waals surface area (Å²) in [5.74, 6) is -0.351. The van der Waals surface area contributed by atoms with E-state index in [1.165, 1.54) is 0 Å². The molecule has 7 heteroatoms. The van der Waals surface area contributed by atoms with Gasteiger partial charge in [0.05, 0.1) is 23.1 Å². The van der Waals surface area contributed by atoms with Crippen LogP contribution in [0.4, 0.5) is 11.4 Å². The van der Waals surface area contributed by atoms with E-state index in [9.17, 15) is 13.2 Å². The van der Waals surface area contributed by atoms with Crippen molar-refractivity contribution in [1.82, 2.24) is 0 Å². The maximum absolute atomic E-state index is 13.7. The predicted molar refractivity (Wildman–Crippen MR) is 142 cm³/mol. The highest BCUT2D eigenvalue weighted by Gasteiger charge is 2.28. The standard InChI is InChI=1S/C28H34N2O4S/c1-6-34-28(31)23-11-9-13-30(17-23)24-15-22-10-7-8-12-25(22)26(16-24)29-35(32,33)27-20(4)18(2)14-19(3)21(27)5/h7-8,10,12,14-16,23,29H,6,9,11,13,17H2,1-5H3. The normalized spacial score (nSPS) is 16.4. The first-order chi connectivity index (χ1) is 16.6. The van der Waals surface area contributed by atoms with Crippen molar-refractivity contribution in [2.45, 2.75) is 52.4 Å². The Kier molecular flexibility index (Phi) is 7.08. The van der Waals surface area contributed by atoms with Gasteiger partial charge in [-0.2, -0.15) is 0 Å². The zero-order valence-electron chi connectivity index (χ0n) is 21.1. The summed E-state index contributed by atoms with van der Waals surface area (Å²) in [7, 11) is -3.83. The van der Waals surface area contributed by atoms with Crippen LogP contribution in [0.25, 0.3) is 10.8 Å². The van der Waals surface area contributed by atoms with Gasteiger partial charge in [-0.1, -0.05) is 30.3 Å². The number of benzene rings is 3. The highest BCUT2D eigenvalue weighted by atomic mass is 32.2. The molecule has 0 aliphatic carbocycles. The van der Waals surface area contributed by atoms with Crippen LogP contribution < -0.4 is 9.62 Å². The lowest BCUT2D eigenvalue weighted by molar-refractivity contribution is -0.148. The summed E-state index contributed by atoms with van der Waals surface area (Å²) in [6.07, 6.45) is 1.67. The fourth-order valence-corrected chi connectivity index (χ4v) is 6.69. The molecule has 4 rings (SSSR count). The Hall–Kier alpha value is -3.06. The van der Waals surface area contributed by atoms with Crippen LogP contribution in [0.15, 0.2) is 47.4 Å². The number of rotatable bonds is 6. The predicted octanol–water partition coefficient (Wildman–Crippen LogP) is 5.65. The van der Waals surface area contributed by atoms with Gasteiger partial charge in [0.25, 0.3) is 10.0 Å². The number of nitrogens with one attached hydrogen (secondary N) is 1. The van der Waals surface area contributed by atoms with Crippen LogP contribution in [-0.2, 0) is 19.6 Å². The van der Waals surface area contributed by atoms with Crippen LogP contribution in [-0.4, -0.2) is 34.1 Å². The molecule has 3 aromatic rings. The Morgan fingerprint density at radius 2 is 1.74 bits per heavy atom. The minimum absolute atomic E-state index is 0.167. The van der Waals surface area contributed by atoms with Crippen LogP contribution in [0.5, 0.6) is 0 Å². The number of carbonyl (C=O) groups is 1. The summed E-state index contributed by atoms with van der Waals surface area (Å²) in [5, 5.41) is 1.77. The van der Waals surface area contributed by atoms with Crippen molar-refractivity contribution in [3.05, 3.63) is 64.7 Å². The minimum atomic E-state index is -3.83. The number of hydrogen-bond acceptors (Lipinski definition) is 5. The third kappa shape index (κ3) is 5.01. The molecule has 1 heterocycles. The van der Waals surface area contributed by atoms with Crippen LogP contribution in [0.2, 0.25) is 0 Å². The van der Waals surface area contributed by atoms with Gasteiger partial charge in [-0.05, 0) is 87.2 Å². The van der Waals surface area contributed by atoms with E-state index >= 15 is 0 Å². The third-order valence-corrected chi connectivity index (χ3v) is 8.70. The average molecular weight is 495 g/mol. The molecular formula is C28H34N2O4S. The summed E-state index contributed by atoms with van der Waals surface area (Å²) in [6.45, 7) is 11.1. The minimum Gasteiger partial charge on any atom is -0.466 e. The molecule has 1 aliphatic heterocycles. The zero-order chi connectivity index (χ0) is 25.3. The van der Waals surface area contributed by atoms with Crippen molar-refractivity contribution >= 4 is 38.1 Å². The SMILES string of the molecule is CCOC(=O)C1CCCN(c2cc(NS(=O)(=O)c3c(C)c(C)cc(C)c3C)c3ccccc3c2)C1. The van der Waals surface area contributed by atoms with Crippen molar-refractivity contribution in [2.75, 3.05) is 29.3 Å². The van der Waals surface area contributed by atoms with E-state index < -0.39 is 10.0 Å². The highest BCUT2D eigenvalue weighted by Crippen LogP contribution is 2.35. The number of ether oxygens (including phenoxy) is 1. The Bertz CT molecular complexity index is 1360. The molecule has 3 aromatic carbocycles. The highest BCUT2D eigenvalue weighted by molar-refractivity contribution is 7.92. The molecule has 0 bridgehead atoms. The van der Waals surface area contributed by atoms with E-state index in [0.717, 1.165) is 58.1 Å². The maximum Gasteiger partial charge on any atom is 0.310 e. The molecule has 6 nitrogen and oxygen atoms in total. The molecular weight excluding hydrogens is 460 g/mol. The van der Waals surface area contributed by atoms with Gasteiger partial charge in [-0.15, -0.1) is 0 Å². The lowest BCUT2D eigenvalue weighted by atomic mass is 9.97. The first kappa shape index (κ1) is 25.0. The zero-order valence-corrected chi connectivity index (χ0v) is 22.0. The number of fused-ring (bicyclic) bond motifs is 1.